The summed E-state index contributed by atoms with van der Waals surface area (Å²) < 4.78 is 5.39. The number of esters is 1. The van der Waals surface area contributed by atoms with Crippen LogP contribution < -0.4 is 5.73 Å². The number of methoxy groups -OCH3 is 1. The number of halogens is 1. The van der Waals surface area contributed by atoms with Gasteiger partial charge in [-0.15, -0.1) is 0 Å². The fourth-order valence-corrected chi connectivity index (χ4v) is 1.21. The molecule has 1 heterocycles. The van der Waals surface area contributed by atoms with Gasteiger partial charge in [0.05, 0.1) is 25.3 Å². The van der Waals surface area contributed by atoms with E-state index in [-0.39, 0.29) is 12.4 Å². The number of rotatable bonds is 3. The number of aromatic nitrogens is 1. The predicted octanol–water partition coefficient (Wildman–Crippen LogP) is 1.41. The molecule has 4 nitrogen and oxygen atoms in total. The van der Waals surface area contributed by atoms with Crippen LogP contribution in [0.4, 0.5) is 0 Å². The molecule has 0 spiro atoms. The summed E-state index contributed by atoms with van der Waals surface area (Å²) in [4.78, 5) is 15.0. The van der Waals surface area contributed by atoms with Gasteiger partial charge in [-0.1, -0.05) is 0 Å². The van der Waals surface area contributed by atoms with Crippen molar-refractivity contribution in [2.24, 2.45) is 5.73 Å². The maximum atomic E-state index is 10.9. The van der Waals surface area contributed by atoms with E-state index in [2.05, 4.69) is 25.7 Å². The van der Waals surface area contributed by atoms with Crippen molar-refractivity contribution in [1.29, 1.82) is 0 Å². The van der Waals surface area contributed by atoms with Gasteiger partial charge in [0, 0.05) is 10.7 Å². The van der Waals surface area contributed by atoms with E-state index in [4.69, 9.17) is 5.73 Å². The molecule has 0 amide bonds. The van der Waals surface area contributed by atoms with E-state index in [9.17, 15) is 4.79 Å². The third kappa shape index (κ3) is 3.08. The van der Waals surface area contributed by atoms with Gasteiger partial charge in [0.15, 0.2) is 0 Å². The molecule has 5 heteroatoms. The number of carbonyl (C=O) groups is 1. The topological polar surface area (TPSA) is 65.2 Å². The number of hydrogen-bond donors (Lipinski definition) is 1. The fraction of sp³-hybridized carbons (Fsp3) is 0.333. The van der Waals surface area contributed by atoms with Crippen molar-refractivity contribution in [2.75, 3.05) is 7.11 Å². The van der Waals surface area contributed by atoms with Gasteiger partial charge in [-0.05, 0) is 28.1 Å². The highest BCUT2D eigenvalue weighted by Crippen LogP contribution is 2.14. The lowest BCUT2D eigenvalue weighted by Gasteiger charge is -2.08. The average Bonchev–Trinajstić information content (AvgIpc) is 2.18. The van der Waals surface area contributed by atoms with Crippen molar-refractivity contribution in [3.63, 3.8) is 0 Å². The van der Waals surface area contributed by atoms with Gasteiger partial charge in [0.1, 0.15) is 0 Å². The first-order valence-corrected chi connectivity index (χ1v) is 4.86. The Morgan fingerprint density at radius 1 is 1.71 bits per heavy atom. The highest BCUT2D eigenvalue weighted by molar-refractivity contribution is 9.10. The van der Waals surface area contributed by atoms with Gasteiger partial charge in [-0.3, -0.25) is 9.78 Å². The Kier molecular flexibility index (Phi) is 4.03. The molecule has 1 aromatic heterocycles. The summed E-state index contributed by atoms with van der Waals surface area (Å²) in [6, 6.07) is 3.20. The summed E-state index contributed by atoms with van der Waals surface area (Å²) in [6.45, 7) is 0. The average molecular weight is 259 g/mol. The summed E-state index contributed by atoms with van der Waals surface area (Å²) >= 11 is 3.26. The van der Waals surface area contributed by atoms with E-state index < -0.39 is 6.04 Å². The van der Waals surface area contributed by atoms with Crippen LogP contribution >= 0.6 is 15.9 Å². The van der Waals surface area contributed by atoms with E-state index in [1.54, 1.807) is 12.3 Å². The second-order valence-corrected chi connectivity index (χ2v) is 3.70. The second kappa shape index (κ2) is 5.07. The minimum Gasteiger partial charge on any atom is -0.469 e. The number of nitrogens with two attached hydrogens (primary N) is 1. The Morgan fingerprint density at radius 2 is 2.43 bits per heavy atom. The lowest BCUT2D eigenvalue weighted by molar-refractivity contribution is -0.141. The Labute approximate surface area is 90.6 Å². The number of nitrogens with zero attached hydrogens (tertiary/aromatic N) is 1. The Balaban J connectivity index is 2.65. The van der Waals surface area contributed by atoms with Gasteiger partial charge in [-0.2, -0.15) is 0 Å². The first-order chi connectivity index (χ1) is 6.63. The molecule has 0 saturated carbocycles. The molecule has 1 atom stereocenters. The van der Waals surface area contributed by atoms with Gasteiger partial charge in [-0.25, -0.2) is 0 Å². The molecule has 0 saturated heterocycles. The second-order valence-electron chi connectivity index (χ2n) is 2.79. The Morgan fingerprint density at radius 3 is 2.93 bits per heavy atom. The van der Waals surface area contributed by atoms with Crippen molar-refractivity contribution in [3.05, 3.63) is 28.5 Å². The normalized spacial score (nSPS) is 12.2. The molecule has 0 bridgehead atoms. The summed E-state index contributed by atoms with van der Waals surface area (Å²) in [5, 5.41) is 0. The lowest BCUT2D eigenvalue weighted by Crippen LogP contribution is -2.17. The summed E-state index contributed by atoms with van der Waals surface area (Å²) in [7, 11) is 1.34. The number of pyridine rings is 1. The van der Waals surface area contributed by atoms with E-state index in [1.807, 2.05) is 6.07 Å². The molecule has 1 aromatic rings. The van der Waals surface area contributed by atoms with Gasteiger partial charge in [0.25, 0.3) is 0 Å². The molecule has 0 fully saturated rings. The largest absolute Gasteiger partial charge is 0.469 e. The third-order valence-corrected chi connectivity index (χ3v) is 2.21. The van der Waals surface area contributed by atoms with Crippen LogP contribution in [-0.2, 0) is 9.53 Å². The quantitative estimate of drug-likeness (QED) is 0.833. The standard InChI is InChI=1S/C9H11BrN2O2/c1-14-9(13)4-7(11)8-3-2-6(10)5-12-8/h2-3,5,7H,4,11H2,1H3. The molecule has 2 N–H and O–H groups in total. The van der Waals surface area contributed by atoms with Crippen LogP contribution in [0.2, 0.25) is 0 Å². The molecule has 0 aliphatic rings. The maximum absolute atomic E-state index is 10.9. The number of hydrogen-bond acceptors (Lipinski definition) is 4. The fourth-order valence-electron chi connectivity index (χ4n) is 0.974. The van der Waals surface area contributed by atoms with Crippen molar-refractivity contribution in [3.8, 4) is 0 Å². The highest BCUT2D eigenvalue weighted by Gasteiger charge is 2.12. The molecule has 1 rings (SSSR count). The molecule has 0 aromatic carbocycles. The van der Waals surface area contributed by atoms with Crippen molar-refractivity contribution >= 4 is 21.9 Å². The van der Waals surface area contributed by atoms with Crippen LogP contribution in [0, 0.1) is 0 Å². The number of carbonyl (C=O) groups excluding carboxylic acids is 1. The molecule has 1 unspecified atom stereocenters. The zero-order valence-corrected chi connectivity index (χ0v) is 9.32. The molecule has 0 aliphatic carbocycles. The third-order valence-electron chi connectivity index (χ3n) is 1.74. The van der Waals surface area contributed by atoms with Crippen LogP contribution in [0.1, 0.15) is 18.2 Å². The van der Waals surface area contributed by atoms with Crippen molar-refractivity contribution in [1.82, 2.24) is 4.98 Å². The molecule has 76 valence electrons. The minimum absolute atomic E-state index is 0.144. The molecule has 0 radical (unpaired) electrons. The molecular weight excluding hydrogens is 248 g/mol. The predicted molar refractivity (Wildman–Crippen MR) is 55.5 cm³/mol. The first kappa shape index (κ1) is 11.1. The van der Waals surface area contributed by atoms with Crippen LogP contribution in [0.25, 0.3) is 0 Å². The van der Waals surface area contributed by atoms with Gasteiger partial charge in [0.2, 0.25) is 0 Å². The smallest absolute Gasteiger partial charge is 0.307 e. The Hall–Kier alpha value is -0.940. The van der Waals surface area contributed by atoms with E-state index in [0.717, 1.165) is 4.47 Å². The molecule has 0 aliphatic heterocycles. The van der Waals surface area contributed by atoms with Crippen LogP contribution in [0.3, 0.4) is 0 Å². The maximum Gasteiger partial charge on any atom is 0.307 e. The van der Waals surface area contributed by atoms with E-state index in [0.29, 0.717) is 5.69 Å². The number of ether oxygens (including phenoxy) is 1. The summed E-state index contributed by atoms with van der Waals surface area (Å²) in [5.41, 5.74) is 6.42. The first-order valence-electron chi connectivity index (χ1n) is 4.07. The van der Waals surface area contributed by atoms with Crippen molar-refractivity contribution < 1.29 is 9.53 Å². The van der Waals surface area contributed by atoms with Crippen LogP contribution in [0.15, 0.2) is 22.8 Å². The monoisotopic (exact) mass is 258 g/mol. The highest BCUT2D eigenvalue weighted by atomic mass is 79.9. The van der Waals surface area contributed by atoms with Crippen molar-refractivity contribution in [2.45, 2.75) is 12.5 Å². The zero-order valence-electron chi connectivity index (χ0n) is 7.74. The minimum atomic E-state index is -0.407. The van der Waals surface area contributed by atoms with Gasteiger partial charge >= 0.3 is 5.97 Å². The van der Waals surface area contributed by atoms with E-state index in [1.165, 1.54) is 7.11 Å². The van der Waals surface area contributed by atoms with Crippen LogP contribution in [-0.4, -0.2) is 18.1 Å². The lowest BCUT2D eigenvalue weighted by atomic mass is 10.1. The summed E-state index contributed by atoms with van der Waals surface area (Å²) in [6.07, 6.45) is 1.79. The Bertz CT molecular complexity index is 313. The van der Waals surface area contributed by atoms with Gasteiger partial charge < -0.3 is 10.5 Å². The zero-order chi connectivity index (χ0) is 10.6. The summed E-state index contributed by atoms with van der Waals surface area (Å²) in [5.74, 6) is -0.331. The van der Waals surface area contributed by atoms with Crippen LogP contribution in [0.5, 0.6) is 0 Å². The van der Waals surface area contributed by atoms with E-state index >= 15 is 0 Å². The molecule has 14 heavy (non-hydrogen) atoms. The molecular formula is C9H11BrN2O2. The SMILES string of the molecule is COC(=O)CC(N)c1ccc(Br)cn1.